The second-order valence-corrected chi connectivity index (χ2v) is 6.23. The number of nitriles is 1. The number of imidazole rings is 1. The zero-order valence-corrected chi connectivity index (χ0v) is 17.0. The number of esters is 1. The number of carbonyl (C=O) groups excluding carboxylic acids is 1. The van der Waals surface area contributed by atoms with Crippen LogP contribution in [0.5, 0.6) is 0 Å². The van der Waals surface area contributed by atoms with E-state index in [1.807, 2.05) is 29.5 Å². The first-order chi connectivity index (χ1) is 15.0. The lowest BCUT2D eigenvalue weighted by Crippen LogP contribution is -2.08. The van der Waals surface area contributed by atoms with Crippen molar-refractivity contribution in [3.63, 3.8) is 0 Å². The SMILES string of the molecule is CCc1nc2cccc(C(=O)OC)n2c1-c1cccnc1.N#Cc1c(N)ncnc1N. The van der Waals surface area contributed by atoms with Crippen molar-refractivity contribution in [1.29, 1.82) is 5.26 Å². The van der Waals surface area contributed by atoms with E-state index in [9.17, 15) is 4.79 Å². The molecule has 0 aliphatic carbocycles. The second-order valence-electron chi connectivity index (χ2n) is 6.23. The highest BCUT2D eigenvalue weighted by Gasteiger charge is 2.19. The van der Waals surface area contributed by atoms with Gasteiger partial charge in [-0.3, -0.25) is 9.38 Å². The summed E-state index contributed by atoms with van der Waals surface area (Å²) in [5, 5.41) is 8.41. The van der Waals surface area contributed by atoms with Crippen molar-refractivity contribution < 1.29 is 9.53 Å². The van der Waals surface area contributed by atoms with Gasteiger partial charge in [-0.1, -0.05) is 13.0 Å². The van der Waals surface area contributed by atoms with Gasteiger partial charge >= 0.3 is 5.97 Å². The zero-order chi connectivity index (χ0) is 22.4. The van der Waals surface area contributed by atoms with E-state index in [1.165, 1.54) is 13.4 Å². The number of hydrogen-bond donors (Lipinski definition) is 2. The molecule has 10 heteroatoms. The molecule has 0 amide bonds. The fourth-order valence-corrected chi connectivity index (χ4v) is 2.98. The summed E-state index contributed by atoms with van der Waals surface area (Å²) in [4.78, 5) is 27.9. The van der Waals surface area contributed by atoms with Gasteiger partial charge in [-0.2, -0.15) is 5.26 Å². The molecule has 0 fully saturated rings. The van der Waals surface area contributed by atoms with Crippen LogP contribution in [0.4, 0.5) is 11.6 Å². The molecule has 0 aliphatic heterocycles. The van der Waals surface area contributed by atoms with E-state index in [-0.39, 0.29) is 23.2 Å². The van der Waals surface area contributed by atoms with Crippen molar-refractivity contribution in [2.75, 3.05) is 18.6 Å². The summed E-state index contributed by atoms with van der Waals surface area (Å²) in [5.41, 5.74) is 14.6. The van der Waals surface area contributed by atoms with E-state index < -0.39 is 0 Å². The standard InChI is InChI=1S/C16H15N3O2.C5H5N5/c1-3-12-15(11-6-5-9-17-10-11)19-13(16(20)21-2)7-4-8-14(19)18-12;6-1-3-4(7)9-2-10-5(3)8/h4-10H,3H2,1-2H3;2H,(H4,7,8,9,10). The summed E-state index contributed by atoms with van der Waals surface area (Å²) in [6.07, 6.45) is 5.48. The number of carbonyl (C=O) groups is 1. The van der Waals surface area contributed by atoms with Crippen molar-refractivity contribution >= 4 is 23.3 Å². The van der Waals surface area contributed by atoms with Crippen LogP contribution in [-0.2, 0) is 11.2 Å². The van der Waals surface area contributed by atoms with Crippen LogP contribution in [0.3, 0.4) is 0 Å². The fraction of sp³-hybridized carbons (Fsp3) is 0.143. The Labute approximate surface area is 178 Å². The van der Waals surface area contributed by atoms with Gasteiger partial charge in [-0.05, 0) is 30.7 Å². The Kier molecular flexibility index (Phi) is 6.37. The number of anilines is 2. The van der Waals surface area contributed by atoms with Crippen LogP contribution >= 0.6 is 0 Å². The number of nitrogens with zero attached hydrogens (tertiary/aromatic N) is 6. The van der Waals surface area contributed by atoms with E-state index >= 15 is 0 Å². The quantitative estimate of drug-likeness (QED) is 0.478. The summed E-state index contributed by atoms with van der Waals surface area (Å²) in [5.74, 6) is -0.143. The van der Waals surface area contributed by atoms with E-state index in [0.29, 0.717) is 5.69 Å². The molecule has 0 bridgehead atoms. The summed E-state index contributed by atoms with van der Waals surface area (Å²) in [6, 6.07) is 11.0. The minimum atomic E-state index is -0.384. The molecule has 4 N–H and O–H groups in total. The van der Waals surface area contributed by atoms with Crippen LogP contribution in [0.2, 0.25) is 0 Å². The smallest absolute Gasteiger partial charge is 0.355 e. The number of hydrogen-bond acceptors (Lipinski definition) is 9. The Bertz CT molecular complexity index is 1240. The molecule has 0 saturated heterocycles. The first kappa shape index (κ1) is 21.2. The Morgan fingerprint density at radius 1 is 1.19 bits per heavy atom. The molecule has 4 heterocycles. The summed E-state index contributed by atoms with van der Waals surface area (Å²) >= 11 is 0. The highest BCUT2D eigenvalue weighted by molar-refractivity contribution is 5.89. The molecule has 4 rings (SSSR count). The number of pyridine rings is 2. The molecule has 0 aliphatic rings. The Balaban J connectivity index is 0.000000229. The van der Waals surface area contributed by atoms with Crippen molar-refractivity contribution in [3.8, 4) is 17.3 Å². The summed E-state index contributed by atoms with van der Waals surface area (Å²) in [6.45, 7) is 2.04. The van der Waals surface area contributed by atoms with Gasteiger partial charge in [0.2, 0.25) is 0 Å². The Morgan fingerprint density at radius 3 is 2.48 bits per heavy atom. The van der Waals surface area contributed by atoms with Gasteiger partial charge in [-0.25, -0.2) is 19.7 Å². The number of aryl methyl sites for hydroxylation is 1. The number of methoxy groups -OCH3 is 1. The molecule has 0 aromatic carbocycles. The van der Waals surface area contributed by atoms with Crippen LogP contribution in [0.15, 0.2) is 49.1 Å². The molecule has 10 nitrogen and oxygen atoms in total. The van der Waals surface area contributed by atoms with Gasteiger partial charge < -0.3 is 16.2 Å². The number of nitrogens with two attached hydrogens (primary N) is 2. The van der Waals surface area contributed by atoms with Gasteiger partial charge in [0.1, 0.15) is 40.9 Å². The number of rotatable bonds is 3. The topological polar surface area (TPSA) is 158 Å². The van der Waals surface area contributed by atoms with Gasteiger partial charge in [0.15, 0.2) is 0 Å². The molecule has 31 heavy (non-hydrogen) atoms. The largest absolute Gasteiger partial charge is 0.464 e. The van der Waals surface area contributed by atoms with Gasteiger partial charge in [0, 0.05) is 18.0 Å². The van der Waals surface area contributed by atoms with Gasteiger partial charge in [0.05, 0.1) is 18.5 Å². The van der Waals surface area contributed by atoms with Crippen LogP contribution < -0.4 is 11.5 Å². The van der Waals surface area contributed by atoms with Crippen molar-refractivity contribution in [2.45, 2.75) is 13.3 Å². The monoisotopic (exact) mass is 416 g/mol. The van der Waals surface area contributed by atoms with E-state index in [0.717, 1.165) is 29.0 Å². The third-order valence-electron chi connectivity index (χ3n) is 4.40. The molecule has 0 unspecified atom stereocenters. The fourth-order valence-electron chi connectivity index (χ4n) is 2.98. The van der Waals surface area contributed by atoms with Gasteiger partial charge in [-0.15, -0.1) is 0 Å². The molecular weight excluding hydrogens is 396 g/mol. The molecule has 0 atom stereocenters. The van der Waals surface area contributed by atoms with Crippen LogP contribution in [0.25, 0.3) is 16.9 Å². The first-order valence-electron chi connectivity index (χ1n) is 9.26. The molecule has 4 aromatic heterocycles. The number of ether oxygens (including phenoxy) is 1. The lowest BCUT2D eigenvalue weighted by atomic mass is 10.1. The van der Waals surface area contributed by atoms with Crippen LogP contribution in [-0.4, -0.2) is 37.4 Å². The minimum Gasteiger partial charge on any atom is -0.464 e. The van der Waals surface area contributed by atoms with Crippen molar-refractivity contribution in [1.82, 2.24) is 24.3 Å². The van der Waals surface area contributed by atoms with Crippen LogP contribution in [0.1, 0.15) is 28.7 Å². The van der Waals surface area contributed by atoms with E-state index in [2.05, 4.69) is 19.9 Å². The summed E-state index contributed by atoms with van der Waals surface area (Å²) < 4.78 is 6.71. The second kappa shape index (κ2) is 9.32. The molecule has 4 aromatic rings. The number of nitrogen functional groups attached to an aromatic ring is 2. The van der Waals surface area contributed by atoms with Crippen molar-refractivity contribution in [2.24, 2.45) is 0 Å². The molecular formula is C21H20N8O2. The maximum absolute atomic E-state index is 12.0. The third-order valence-corrected chi connectivity index (χ3v) is 4.40. The number of aromatic nitrogens is 5. The minimum absolute atomic E-state index is 0.120. The lowest BCUT2D eigenvalue weighted by Gasteiger charge is -2.08. The highest BCUT2D eigenvalue weighted by atomic mass is 16.5. The predicted octanol–water partition coefficient (Wildman–Crippen LogP) is 2.26. The Hall–Kier alpha value is -4.52. The number of fused-ring (bicyclic) bond motifs is 1. The molecule has 0 radical (unpaired) electrons. The average Bonchev–Trinajstić information content (AvgIpc) is 3.18. The summed E-state index contributed by atoms with van der Waals surface area (Å²) in [7, 11) is 1.38. The third kappa shape index (κ3) is 4.25. The maximum Gasteiger partial charge on any atom is 0.355 e. The average molecular weight is 416 g/mol. The van der Waals surface area contributed by atoms with Crippen molar-refractivity contribution in [3.05, 3.63) is 66.0 Å². The van der Waals surface area contributed by atoms with Gasteiger partial charge in [0.25, 0.3) is 0 Å². The normalized spacial score (nSPS) is 10.1. The van der Waals surface area contributed by atoms with E-state index in [1.54, 1.807) is 30.6 Å². The zero-order valence-electron chi connectivity index (χ0n) is 17.0. The maximum atomic E-state index is 12.0. The molecule has 0 saturated carbocycles. The van der Waals surface area contributed by atoms with Crippen LogP contribution in [0, 0.1) is 11.3 Å². The lowest BCUT2D eigenvalue weighted by molar-refractivity contribution is 0.0592. The molecule has 0 spiro atoms. The highest BCUT2D eigenvalue weighted by Crippen LogP contribution is 2.26. The Morgan fingerprint density at radius 2 is 1.94 bits per heavy atom. The molecule has 156 valence electrons. The van der Waals surface area contributed by atoms with E-state index in [4.69, 9.17) is 21.5 Å². The predicted molar refractivity (Wildman–Crippen MR) is 115 cm³/mol. The first-order valence-corrected chi connectivity index (χ1v) is 9.26.